The zero-order valence-electron chi connectivity index (χ0n) is 8.25. The third kappa shape index (κ3) is 14.0. The quantitative estimate of drug-likeness (QED) is 0.491. The van der Waals surface area contributed by atoms with E-state index in [1.807, 2.05) is 0 Å². The van der Waals surface area contributed by atoms with Crippen LogP contribution in [0.1, 0.15) is 13.8 Å². The summed E-state index contributed by atoms with van der Waals surface area (Å²) in [5.41, 5.74) is 0. The number of carbonyl (C=O) groups excluding carboxylic acids is 2. The summed E-state index contributed by atoms with van der Waals surface area (Å²) in [5, 5.41) is 19.4. The van der Waals surface area contributed by atoms with Crippen LogP contribution >= 0.6 is 31.9 Å². The van der Waals surface area contributed by atoms with Gasteiger partial charge in [0.05, 0.1) is 11.9 Å². The summed E-state index contributed by atoms with van der Waals surface area (Å²) in [6, 6.07) is 0. The van der Waals surface area contributed by atoms with Gasteiger partial charge in [0.1, 0.15) is 0 Å². The first-order chi connectivity index (χ1) is 6.36. The van der Waals surface area contributed by atoms with E-state index in [-0.39, 0.29) is 28.4 Å². The third-order valence-electron chi connectivity index (χ3n) is 0.897. The molecule has 0 rings (SSSR count). The molecule has 4 nitrogen and oxygen atoms in total. The van der Waals surface area contributed by atoms with E-state index in [0.29, 0.717) is 0 Å². The van der Waals surface area contributed by atoms with Crippen molar-refractivity contribution in [1.29, 1.82) is 0 Å². The fourth-order valence-electron chi connectivity index (χ4n) is 0.236. The Labute approximate surface area is 117 Å². The summed E-state index contributed by atoms with van der Waals surface area (Å²) >= 11 is 5.48. The van der Waals surface area contributed by atoms with Gasteiger partial charge in [0.25, 0.3) is 0 Å². The number of halogens is 2. The van der Waals surface area contributed by atoms with Gasteiger partial charge in [-0.3, -0.25) is 0 Å². The van der Waals surface area contributed by atoms with Gasteiger partial charge in [0.15, 0.2) is 0 Å². The maximum atomic E-state index is 9.70. The minimum atomic E-state index is -1.18. The minimum absolute atomic E-state index is 0. The van der Waals surface area contributed by atoms with Gasteiger partial charge in [-0.2, -0.15) is 0 Å². The summed E-state index contributed by atoms with van der Waals surface area (Å²) in [6.45, 7) is 3.22. The summed E-state index contributed by atoms with van der Waals surface area (Å²) in [7, 11) is 0. The molecule has 0 unspecified atom stereocenters. The van der Waals surface area contributed by atoms with Crippen LogP contribution in [0.3, 0.4) is 0 Å². The predicted molar refractivity (Wildman–Crippen MR) is 55.4 cm³/mol. The summed E-state index contributed by atoms with van der Waals surface area (Å²) in [4.78, 5) is 19.4. The maximum absolute atomic E-state index is 9.70. The number of carbonyl (C=O) groups is 2. The molecule has 0 saturated heterocycles. The van der Waals surface area contributed by atoms with E-state index in [9.17, 15) is 19.8 Å². The van der Waals surface area contributed by atoms with Crippen molar-refractivity contribution in [3.8, 4) is 0 Å². The van der Waals surface area contributed by atoms with E-state index in [2.05, 4.69) is 31.9 Å². The molecule has 0 radical (unpaired) electrons. The smallest absolute Gasteiger partial charge is 0.544 e. The molecule has 0 bridgehead atoms. The molecule has 0 atom stereocenters. The first-order valence-electron chi connectivity index (χ1n) is 3.43. The van der Waals surface area contributed by atoms with Crippen molar-refractivity contribution in [3.63, 3.8) is 0 Å². The predicted octanol–water partition coefficient (Wildman–Crippen LogP) is 0.0675. The van der Waals surface area contributed by atoms with E-state index < -0.39 is 11.9 Å². The molecule has 0 saturated carbocycles. The molecule has 80 valence electrons. The third-order valence-corrected chi connectivity index (χ3v) is 2.46. The summed E-state index contributed by atoms with van der Waals surface area (Å²) in [6.07, 6.45) is 2.82. The molecule has 0 N–H and O–H groups in total. The Kier molecular flexibility index (Phi) is 16.4. The van der Waals surface area contributed by atoms with Gasteiger partial charge >= 0.3 is 19.5 Å². The van der Waals surface area contributed by atoms with E-state index in [1.165, 1.54) is 12.2 Å². The van der Waals surface area contributed by atoms with E-state index >= 15 is 0 Å². The number of carboxylic acids is 2. The fourth-order valence-corrected chi connectivity index (χ4v) is 0.236. The van der Waals surface area contributed by atoms with Crippen molar-refractivity contribution >= 4 is 43.8 Å². The average Bonchev–Trinajstić information content (AvgIpc) is 2.15. The second-order valence-corrected chi connectivity index (χ2v) is 3.56. The molecule has 0 amide bonds. The van der Waals surface area contributed by atoms with Crippen LogP contribution < -0.4 is 10.2 Å². The second kappa shape index (κ2) is 12.1. The molecule has 0 aromatic heterocycles. The fraction of sp³-hybridized carbons (Fsp3) is 0.250. The number of rotatable bonds is 2. The standard InChI is InChI=1S/2C4H5BrO2.Zn/c2*1-2-3(5)4(6)7;/h2*2H,1H3,(H,6,7);/q;;+2/p-2/b2*3-2-;. The van der Waals surface area contributed by atoms with E-state index in [1.54, 1.807) is 13.8 Å². The zero-order chi connectivity index (χ0) is 11.7. The van der Waals surface area contributed by atoms with Crippen LogP contribution in [0.2, 0.25) is 0 Å². The van der Waals surface area contributed by atoms with Crippen LogP contribution in [0.5, 0.6) is 0 Å². The topological polar surface area (TPSA) is 80.3 Å². The Morgan fingerprint density at radius 3 is 1.13 bits per heavy atom. The van der Waals surface area contributed by atoms with E-state index in [4.69, 9.17) is 0 Å². The molecule has 0 aliphatic carbocycles. The maximum Gasteiger partial charge on any atom is 2.00 e. The second-order valence-electron chi connectivity index (χ2n) is 1.85. The molecule has 0 aromatic rings. The molecule has 0 fully saturated rings. The van der Waals surface area contributed by atoms with Gasteiger partial charge < -0.3 is 19.8 Å². The largest absolute Gasteiger partial charge is 2.00 e. The van der Waals surface area contributed by atoms with Crippen molar-refractivity contribution in [2.75, 3.05) is 0 Å². The normalized spacial score (nSPS) is 10.7. The molecule has 0 heterocycles. The minimum Gasteiger partial charge on any atom is -0.544 e. The van der Waals surface area contributed by atoms with Gasteiger partial charge in [-0.25, -0.2) is 0 Å². The molecular formula is C8H8Br2O4Zn. The number of allylic oxidation sites excluding steroid dienone is 2. The van der Waals surface area contributed by atoms with Crippen molar-refractivity contribution in [2.24, 2.45) is 0 Å². The number of carboxylic acid groups (broad SMARTS) is 2. The molecule has 7 heteroatoms. The van der Waals surface area contributed by atoms with Gasteiger partial charge in [0, 0.05) is 8.96 Å². The first-order valence-corrected chi connectivity index (χ1v) is 5.01. The Bertz CT molecular complexity index is 246. The Morgan fingerprint density at radius 1 is 0.933 bits per heavy atom. The van der Waals surface area contributed by atoms with Crippen LogP contribution in [0.15, 0.2) is 21.1 Å². The Hall–Kier alpha value is 0.00338. The van der Waals surface area contributed by atoms with E-state index in [0.717, 1.165) is 0 Å². The number of aliphatic carboxylic acids is 2. The Balaban J connectivity index is -0.000000180. The SMILES string of the molecule is C/C=C(\Br)C(=O)[O-].C/C=C(\Br)C(=O)[O-].[Zn+2]. The van der Waals surface area contributed by atoms with Crippen LogP contribution in [0.25, 0.3) is 0 Å². The van der Waals surface area contributed by atoms with Gasteiger partial charge in [0.2, 0.25) is 0 Å². The molecule has 0 aliphatic heterocycles. The molecule has 15 heavy (non-hydrogen) atoms. The average molecular weight is 393 g/mol. The van der Waals surface area contributed by atoms with Gasteiger partial charge in [-0.05, 0) is 45.7 Å². The number of hydrogen-bond acceptors (Lipinski definition) is 4. The monoisotopic (exact) mass is 390 g/mol. The van der Waals surface area contributed by atoms with Crippen molar-refractivity contribution in [3.05, 3.63) is 21.1 Å². The summed E-state index contributed by atoms with van der Waals surface area (Å²) < 4.78 is 0.181. The molecule has 0 aromatic carbocycles. The van der Waals surface area contributed by atoms with Gasteiger partial charge in [-0.1, -0.05) is 12.2 Å². The molecular weight excluding hydrogens is 385 g/mol. The molecule has 0 spiro atoms. The summed E-state index contributed by atoms with van der Waals surface area (Å²) in [5.74, 6) is -2.36. The van der Waals surface area contributed by atoms with Crippen molar-refractivity contribution in [1.82, 2.24) is 0 Å². The molecule has 0 aliphatic rings. The van der Waals surface area contributed by atoms with Crippen molar-refractivity contribution in [2.45, 2.75) is 13.8 Å². The van der Waals surface area contributed by atoms with Crippen LogP contribution in [-0.2, 0) is 29.1 Å². The van der Waals surface area contributed by atoms with Crippen LogP contribution in [-0.4, -0.2) is 11.9 Å². The Morgan fingerprint density at radius 2 is 1.13 bits per heavy atom. The number of hydrogen-bond donors (Lipinski definition) is 0. The van der Waals surface area contributed by atoms with Crippen LogP contribution in [0.4, 0.5) is 0 Å². The first kappa shape index (κ1) is 20.4. The van der Waals surface area contributed by atoms with Gasteiger partial charge in [-0.15, -0.1) is 0 Å². The zero-order valence-corrected chi connectivity index (χ0v) is 14.4. The van der Waals surface area contributed by atoms with Crippen LogP contribution in [0, 0.1) is 0 Å². The van der Waals surface area contributed by atoms with Crippen molar-refractivity contribution < 1.29 is 39.3 Å².